The fourth-order valence-corrected chi connectivity index (χ4v) is 19.2. The van der Waals surface area contributed by atoms with E-state index >= 15 is 0 Å². The summed E-state index contributed by atoms with van der Waals surface area (Å²) in [6, 6.07) is 0. The van der Waals surface area contributed by atoms with Crippen molar-refractivity contribution in [3.63, 3.8) is 0 Å². The number of rotatable bonds is 25. The lowest BCUT2D eigenvalue weighted by Crippen LogP contribution is -2.51. The van der Waals surface area contributed by atoms with Crippen molar-refractivity contribution in [2.45, 2.75) is 241 Å². The second-order valence-electron chi connectivity index (χ2n) is 28.8. The second kappa shape index (κ2) is 26.7. The standard InChI is InChI=1S/C69H110N2O6S/c1-47(2)48(3)23-24-49(4)57-29-31-59-55-27-25-51-45-53(33-37-66(51,6)61(55)35-39-68(57,59)8)76-63(73)21-16-12-14-18-42-71(65(75)78-44-20-41-70(10)11)43-19-15-13-17-22-64(74)77-54-34-38-67(7)52(46-54)26-28-56-60-32-30-58(50(5)72)69(60,9)40-36-62(56)67/h23-27,47-49,53-54,56-62H,12-22,28-46H2,1-11H3/b24-23+. The summed E-state index contributed by atoms with van der Waals surface area (Å²) >= 11 is 1.45. The van der Waals surface area contributed by atoms with E-state index in [0.29, 0.717) is 71.4 Å². The van der Waals surface area contributed by atoms with Crippen LogP contribution in [0.2, 0.25) is 0 Å². The topological polar surface area (TPSA) is 93.2 Å². The molecule has 9 heteroatoms. The zero-order valence-corrected chi connectivity index (χ0v) is 52.1. The summed E-state index contributed by atoms with van der Waals surface area (Å²) in [5, 5.41) is 0.178. The highest BCUT2D eigenvalue weighted by molar-refractivity contribution is 8.13. The van der Waals surface area contributed by atoms with Crippen molar-refractivity contribution in [1.29, 1.82) is 0 Å². The molecule has 0 spiro atoms. The molecule has 8 rings (SSSR count). The van der Waals surface area contributed by atoms with Gasteiger partial charge in [0.15, 0.2) is 0 Å². The molecule has 15 atom stereocenters. The largest absolute Gasteiger partial charge is 0.462 e. The van der Waals surface area contributed by atoms with Crippen LogP contribution in [0.1, 0.15) is 229 Å². The molecule has 0 N–H and O–H groups in total. The van der Waals surface area contributed by atoms with Gasteiger partial charge >= 0.3 is 11.9 Å². The highest BCUT2D eigenvalue weighted by Gasteiger charge is 2.60. The van der Waals surface area contributed by atoms with Gasteiger partial charge in [0.05, 0.1) is 0 Å². The molecule has 6 fully saturated rings. The van der Waals surface area contributed by atoms with Crippen LogP contribution in [0.15, 0.2) is 47.1 Å². The fraction of sp³-hybridized carbons (Fsp3) is 0.826. The Labute approximate surface area is 479 Å². The van der Waals surface area contributed by atoms with Crippen LogP contribution in [-0.4, -0.2) is 84.5 Å². The van der Waals surface area contributed by atoms with Gasteiger partial charge in [-0.1, -0.05) is 140 Å². The molecule has 15 unspecified atom stereocenters. The summed E-state index contributed by atoms with van der Waals surface area (Å²) in [5.41, 5.74) is 5.68. The smallest absolute Gasteiger partial charge is 0.306 e. The predicted octanol–water partition coefficient (Wildman–Crippen LogP) is 17.0. The lowest BCUT2D eigenvalue weighted by atomic mass is 9.47. The van der Waals surface area contributed by atoms with Crippen molar-refractivity contribution >= 4 is 34.7 Å². The molecule has 8 nitrogen and oxygen atoms in total. The fourth-order valence-electron chi connectivity index (χ4n) is 18.3. The van der Waals surface area contributed by atoms with Crippen molar-refractivity contribution in [1.82, 2.24) is 9.80 Å². The van der Waals surface area contributed by atoms with Crippen LogP contribution in [0.3, 0.4) is 0 Å². The Morgan fingerprint density at radius 2 is 1.27 bits per heavy atom. The highest BCUT2D eigenvalue weighted by Crippen LogP contribution is 2.68. The normalized spacial score (nSPS) is 35.8. The number of amides is 1. The van der Waals surface area contributed by atoms with Crippen molar-refractivity contribution in [3.05, 3.63) is 47.1 Å². The third-order valence-corrected chi connectivity index (χ3v) is 24.5. The third-order valence-electron chi connectivity index (χ3n) is 23.5. The van der Waals surface area contributed by atoms with E-state index in [0.717, 1.165) is 140 Å². The Hall–Kier alpha value is -2.65. The molecule has 8 aliphatic carbocycles. The molecule has 0 saturated heterocycles. The van der Waals surface area contributed by atoms with Crippen LogP contribution < -0.4 is 0 Å². The molecule has 0 aromatic carbocycles. The number of esters is 2. The van der Waals surface area contributed by atoms with Crippen LogP contribution >= 0.6 is 11.8 Å². The first kappa shape index (κ1) is 61.4. The van der Waals surface area contributed by atoms with Crippen LogP contribution in [0.25, 0.3) is 0 Å². The molecule has 0 radical (unpaired) electrons. The minimum atomic E-state index is -0.0595. The maximum Gasteiger partial charge on any atom is 0.306 e. The number of thioether (sulfide) groups is 1. The van der Waals surface area contributed by atoms with Crippen LogP contribution in [-0.2, 0) is 23.9 Å². The van der Waals surface area contributed by atoms with E-state index in [1.165, 1.54) is 67.9 Å². The highest BCUT2D eigenvalue weighted by atomic mass is 32.2. The first-order chi connectivity index (χ1) is 37.2. The summed E-state index contributed by atoms with van der Waals surface area (Å²) in [7, 11) is 4.15. The Morgan fingerprint density at radius 1 is 0.641 bits per heavy atom. The molecule has 0 aromatic rings. The summed E-state index contributed by atoms with van der Waals surface area (Å²) < 4.78 is 12.4. The van der Waals surface area contributed by atoms with E-state index in [9.17, 15) is 19.2 Å². The Bertz CT molecular complexity index is 2210. The third kappa shape index (κ3) is 13.7. The van der Waals surface area contributed by atoms with Gasteiger partial charge in [0.1, 0.15) is 18.0 Å². The van der Waals surface area contributed by atoms with Crippen molar-refractivity contribution in [2.24, 2.45) is 80.8 Å². The molecule has 8 aliphatic rings. The SMILES string of the molecule is CC(=O)C1CCC2C3CC=C4CC(OC(=O)CCCCCCN(CCCCCCC(=O)OC5CCC6(C)C(=CC=C7C6CCC6(C)C7CCC6C(C)/C=C/C(C)C(C)C)C5)C(=O)SCCCN(C)C)CCC4(C)C3CCC12C. The number of hydrogen-bond donors (Lipinski definition) is 0. The number of allylic oxidation sites excluding steroid dienone is 6. The number of fused-ring (bicyclic) bond motifs is 10. The average molecular weight is 1100 g/mol. The number of nitrogens with zero attached hydrogens (tertiary/aromatic N) is 2. The van der Waals surface area contributed by atoms with E-state index in [2.05, 4.69) is 110 Å². The van der Waals surface area contributed by atoms with Crippen molar-refractivity contribution in [2.75, 3.05) is 39.5 Å². The number of hydrogen-bond acceptors (Lipinski definition) is 8. The zero-order chi connectivity index (χ0) is 56.0. The quantitative estimate of drug-likeness (QED) is 0.0507. The summed E-state index contributed by atoms with van der Waals surface area (Å²) in [4.78, 5) is 56.8. The first-order valence-electron chi connectivity index (χ1n) is 32.4. The van der Waals surface area contributed by atoms with Gasteiger partial charge in [-0.2, -0.15) is 0 Å². The Morgan fingerprint density at radius 3 is 1.91 bits per heavy atom. The maximum atomic E-state index is 13.5. The number of Topliss-reactive ketones (excluding diaryl/α,β-unsaturated/α-hetero) is 1. The van der Waals surface area contributed by atoms with E-state index < -0.39 is 0 Å². The van der Waals surface area contributed by atoms with Crippen molar-refractivity contribution in [3.8, 4) is 0 Å². The van der Waals surface area contributed by atoms with Crippen molar-refractivity contribution < 1.29 is 28.7 Å². The van der Waals surface area contributed by atoms with Crippen LogP contribution in [0.5, 0.6) is 0 Å². The Kier molecular flexibility index (Phi) is 21.0. The van der Waals surface area contributed by atoms with E-state index in [4.69, 9.17) is 9.47 Å². The lowest BCUT2D eigenvalue weighted by Gasteiger charge is -2.58. The molecule has 0 heterocycles. The first-order valence-corrected chi connectivity index (χ1v) is 33.4. The van der Waals surface area contributed by atoms with Crippen LogP contribution in [0, 0.1) is 80.8 Å². The number of carbonyl (C=O) groups is 4. The molecule has 0 aliphatic heterocycles. The number of carbonyl (C=O) groups excluding carboxylic acids is 4. The van der Waals surface area contributed by atoms with Gasteiger partial charge in [-0.25, -0.2) is 0 Å². The van der Waals surface area contributed by atoms with Gasteiger partial charge in [-0.15, -0.1) is 0 Å². The molecule has 0 bridgehead atoms. The van der Waals surface area contributed by atoms with E-state index in [1.807, 2.05) is 6.92 Å². The molecule has 6 saturated carbocycles. The van der Waals surface area contributed by atoms with Crippen LogP contribution in [0.4, 0.5) is 4.79 Å². The van der Waals surface area contributed by atoms with Gasteiger partial charge in [-0.05, 0) is 218 Å². The molecular weight excluding hydrogens is 985 g/mol. The van der Waals surface area contributed by atoms with Gasteiger partial charge in [0, 0.05) is 50.4 Å². The lowest BCUT2D eigenvalue weighted by molar-refractivity contribution is -0.152. The molecule has 438 valence electrons. The average Bonchev–Trinajstić information content (AvgIpc) is 4.16. The summed E-state index contributed by atoms with van der Waals surface area (Å²) in [6.07, 6.45) is 38.7. The summed E-state index contributed by atoms with van der Waals surface area (Å²) in [5.74, 6) is 7.33. The number of ketones is 1. The minimum absolute atomic E-state index is 0.0187. The Balaban J connectivity index is 0.716. The maximum absolute atomic E-state index is 13.5. The zero-order valence-electron chi connectivity index (χ0n) is 51.3. The molecule has 1 amide bonds. The van der Waals surface area contributed by atoms with Gasteiger partial charge in [0.25, 0.3) is 5.24 Å². The molecular formula is C69H110N2O6S. The van der Waals surface area contributed by atoms with E-state index in [-0.39, 0.29) is 51.5 Å². The number of ether oxygens (including phenoxy) is 2. The number of unbranched alkanes of at least 4 members (excludes halogenated alkanes) is 6. The summed E-state index contributed by atoms with van der Waals surface area (Å²) in [6.45, 7) is 23.9. The molecule has 78 heavy (non-hydrogen) atoms. The minimum Gasteiger partial charge on any atom is -0.462 e. The predicted molar refractivity (Wildman–Crippen MR) is 322 cm³/mol. The molecule has 0 aromatic heterocycles. The van der Waals surface area contributed by atoms with Gasteiger partial charge in [-0.3, -0.25) is 19.2 Å². The monoisotopic (exact) mass is 1090 g/mol. The second-order valence-corrected chi connectivity index (χ2v) is 29.8. The van der Waals surface area contributed by atoms with Gasteiger partial charge < -0.3 is 19.3 Å². The van der Waals surface area contributed by atoms with Gasteiger partial charge in [0.2, 0.25) is 0 Å². The van der Waals surface area contributed by atoms with E-state index in [1.54, 1.807) is 5.57 Å².